The van der Waals surface area contributed by atoms with Crippen LogP contribution in [0, 0.1) is 0 Å². The van der Waals surface area contributed by atoms with Crippen molar-refractivity contribution in [2.24, 2.45) is 0 Å². The average Bonchev–Trinajstić information content (AvgIpc) is 2.69. The van der Waals surface area contributed by atoms with Gasteiger partial charge in [-0.2, -0.15) is 0 Å². The molecule has 0 atom stereocenters. The Morgan fingerprint density at radius 2 is 1.63 bits per heavy atom. The molecule has 0 aliphatic carbocycles. The number of carbonyl (C=O) groups is 2. The third kappa shape index (κ3) is 6.13. The normalized spacial score (nSPS) is 10.3. The maximum Gasteiger partial charge on any atom is 0.242 e. The summed E-state index contributed by atoms with van der Waals surface area (Å²) in [5, 5.41) is 0. The molecule has 0 unspecified atom stereocenters. The summed E-state index contributed by atoms with van der Waals surface area (Å²) in [5.41, 5.74) is 2.10. The van der Waals surface area contributed by atoms with E-state index < -0.39 is 0 Å². The number of para-hydroxylation sites is 1. The summed E-state index contributed by atoms with van der Waals surface area (Å²) >= 11 is 0. The van der Waals surface area contributed by atoms with Crippen molar-refractivity contribution >= 4 is 11.8 Å². The Morgan fingerprint density at radius 1 is 0.963 bits per heavy atom. The van der Waals surface area contributed by atoms with E-state index in [0.29, 0.717) is 26.1 Å². The van der Waals surface area contributed by atoms with Crippen molar-refractivity contribution in [3.05, 3.63) is 65.7 Å². The monoisotopic (exact) mass is 368 g/mol. The molecule has 0 aliphatic rings. The van der Waals surface area contributed by atoms with Gasteiger partial charge in [0.15, 0.2) is 0 Å². The molecule has 0 N–H and O–H groups in total. The highest BCUT2D eigenvalue weighted by Crippen LogP contribution is 2.18. The molecular formula is C22H28N2O3. The first-order valence-corrected chi connectivity index (χ1v) is 9.24. The Balaban J connectivity index is 1.99. The number of ether oxygens (including phenoxy) is 1. The first-order valence-electron chi connectivity index (χ1n) is 9.24. The fourth-order valence-electron chi connectivity index (χ4n) is 2.96. The smallest absolute Gasteiger partial charge is 0.242 e. The molecule has 0 aromatic heterocycles. The maximum absolute atomic E-state index is 12.7. The third-order valence-corrected chi connectivity index (χ3v) is 4.57. The molecule has 5 heteroatoms. The van der Waals surface area contributed by atoms with Gasteiger partial charge in [-0.05, 0) is 30.5 Å². The van der Waals surface area contributed by atoms with Crippen LogP contribution >= 0.6 is 0 Å². The SMILES string of the molecule is CCN(Cc1ccccc1)C(=O)CN(CCc1ccccc1OC)C(C)=O. The topological polar surface area (TPSA) is 49.9 Å². The van der Waals surface area contributed by atoms with Crippen LogP contribution in [0.1, 0.15) is 25.0 Å². The van der Waals surface area contributed by atoms with Crippen LogP contribution in [0.15, 0.2) is 54.6 Å². The van der Waals surface area contributed by atoms with Gasteiger partial charge in [0.25, 0.3) is 0 Å². The number of amides is 2. The van der Waals surface area contributed by atoms with Crippen LogP contribution in [0.2, 0.25) is 0 Å². The molecule has 0 aliphatic heterocycles. The summed E-state index contributed by atoms with van der Waals surface area (Å²) in [6, 6.07) is 17.6. The summed E-state index contributed by atoms with van der Waals surface area (Å²) in [7, 11) is 1.63. The van der Waals surface area contributed by atoms with Crippen molar-refractivity contribution < 1.29 is 14.3 Å². The highest BCUT2D eigenvalue weighted by Gasteiger charge is 2.19. The molecular weight excluding hydrogens is 340 g/mol. The standard InChI is InChI=1S/C22H28N2O3/c1-4-23(16-19-10-6-5-7-11-19)22(26)17-24(18(2)25)15-14-20-12-8-9-13-21(20)27-3/h5-13H,4,14-17H2,1-3H3. The van der Waals surface area contributed by atoms with Gasteiger partial charge in [-0.3, -0.25) is 9.59 Å². The molecule has 27 heavy (non-hydrogen) atoms. The number of hydrogen-bond donors (Lipinski definition) is 0. The summed E-state index contributed by atoms with van der Waals surface area (Å²) < 4.78 is 5.36. The van der Waals surface area contributed by atoms with Crippen molar-refractivity contribution in [3.8, 4) is 5.75 Å². The fourth-order valence-corrected chi connectivity index (χ4v) is 2.96. The van der Waals surface area contributed by atoms with E-state index >= 15 is 0 Å². The number of carbonyl (C=O) groups excluding carboxylic acids is 2. The van der Waals surface area contributed by atoms with Gasteiger partial charge in [0, 0.05) is 26.6 Å². The highest BCUT2D eigenvalue weighted by atomic mass is 16.5. The first-order chi connectivity index (χ1) is 13.0. The molecule has 144 valence electrons. The number of hydrogen-bond acceptors (Lipinski definition) is 3. The lowest BCUT2D eigenvalue weighted by molar-refractivity contribution is -0.139. The number of nitrogens with zero attached hydrogens (tertiary/aromatic N) is 2. The van der Waals surface area contributed by atoms with Crippen LogP contribution in [-0.4, -0.2) is 48.4 Å². The summed E-state index contributed by atoms with van der Waals surface area (Å²) in [4.78, 5) is 28.2. The van der Waals surface area contributed by atoms with E-state index in [-0.39, 0.29) is 18.4 Å². The lowest BCUT2D eigenvalue weighted by atomic mass is 10.1. The van der Waals surface area contributed by atoms with Gasteiger partial charge in [0.2, 0.25) is 11.8 Å². The number of likely N-dealkylation sites (N-methyl/N-ethyl adjacent to an activating group) is 1. The third-order valence-electron chi connectivity index (χ3n) is 4.57. The molecule has 0 saturated carbocycles. The number of rotatable bonds is 9. The molecule has 2 rings (SSSR count). The highest BCUT2D eigenvalue weighted by molar-refractivity contribution is 5.83. The van der Waals surface area contributed by atoms with Crippen LogP contribution < -0.4 is 4.74 Å². The van der Waals surface area contributed by atoms with Crippen molar-refractivity contribution in [2.75, 3.05) is 26.7 Å². The molecule has 0 saturated heterocycles. The van der Waals surface area contributed by atoms with Gasteiger partial charge >= 0.3 is 0 Å². The van der Waals surface area contributed by atoms with Crippen molar-refractivity contribution in [1.29, 1.82) is 0 Å². The summed E-state index contributed by atoms with van der Waals surface area (Å²) in [5.74, 6) is 0.650. The van der Waals surface area contributed by atoms with E-state index in [1.165, 1.54) is 6.92 Å². The predicted octanol–water partition coefficient (Wildman–Crippen LogP) is 3.13. The second kappa shape index (κ2) is 10.4. The Kier molecular flexibility index (Phi) is 7.86. The predicted molar refractivity (Wildman–Crippen MR) is 106 cm³/mol. The molecule has 2 aromatic rings. The second-order valence-electron chi connectivity index (χ2n) is 6.40. The first kappa shape index (κ1) is 20.5. The van der Waals surface area contributed by atoms with Gasteiger partial charge in [-0.15, -0.1) is 0 Å². The molecule has 0 fully saturated rings. The zero-order valence-electron chi connectivity index (χ0n) is 16.4. The van der Waals surface area contributed by atoms with Crippen molar-refractivity contribution in [2.45, 2.75) is 26.8 Å². The van der Waals surface area contributed by atoms with Gasteiger partial charge in [0.05, 0.1) is 13.7 Å². The molecule has 0 radical (unpaired) electrons. The Labute approximate surface area is 161 Å². The van der Waals surface area contributed by atoms with E-state index in [9.17, 15) is 9.59 Å². The van der Waals surface area contributed by atoms with Gasteiger partial charge in [-0.1, -0.05) is 48.5 Å². The lowest BCUT2D eigenvalue weighted by Crippen LogP contribution is -2.42. The van der Waals surface area contributed by atoms with Crippen LogP contribution in [-0.2, 0) is 22.6 Å². The van der Waals surface area contributed by atoms with Crippen LogP contribution in [0.3, 0.4) is 0 Å². The fraction of sp³-hybridized carbons (Fsp3) is 0.364. The number of benzene rings is 2. The van der Waals surface area contributed by atoms with Crippen LogP contribution in [0.25, 0.3) is 0 Å². The van der Waals surface area contributed by atoms with Gasteiger partial charge < -0.3 is 14.5 Å². The Bertz CT molecular complexity index is 746. The zero-order chi connectivity index (χ0) is 19.6. The molecule has 0 spiro atoms. The van der Waals surface area contributed by atoms with Crippen molar-refractivity contribution in [3.63, 3.8) is 0 Å². The minimum atomic E-state index is -0.103. The molecule has 5 nitrogen and oxygen atoms in total. The number of methoxy groups -OCH3 is 1. The summed E-state index contributed by atoms with van der Waals surface area (Å²) in [6.45, 7) is 5.17. The van der Waals surface area contributed by atoms with E-state index in [1.54, 1.807) is 16.9 Å². The van der Waals surface area contributed by atoms with Gasteiger partial charge in [0.1, 0.15) is 5.75 Å². The van der Waals surface area contributed by atoms with E-state index in [0.717, 1.165) is 16.9 Å². The summed E-state index contributed by atoms with van der Waals surface area (Å²) in [6.07, 6.45) is 0.641. The second-order valence-corrected chi connectivity index (χ2v) is 6.40. The van der Waals surface area contributed by atoms with Crippen LogP contribution in [0.4, 0.5) is 0 Å². The minimum absolute atomic E-state index is 0.0448. The van der Waals surface area contributed by atoms with E-state index in [2.05, 4.69) is 0 Å². The molecule has 2 aromatic carbocycles. The lowest BCUT2D eigenvalue weighted by Gasteiger charge is -2.26. The molecule has 0 heterocycles. The maximum atomic E-state index is 12.7. The Morgan fingerprint density at radius 3 is 2.26 bits per heavy atom. The molecule has 0 bridgehead atoms. The minimum Gasteiger partial charge on any atom is -0.496 e. The zero-order valence-corrected chi connectivity index (χ0v) is 16.4. The largest absolute Gasteiger partial charge is 0.496 e. The average molecular weight is 368 g/mol. The van der Waals surface area contributed by atoms with Crippen molar-refractivity contribution in [1.82, 2.24) is 9.80 Å². The van der Waals surface area contributed by atoms with E-state index in [1.807, 2.05) is 61.5 Å². The van der Waals surface area contributed by atoms with E-state index in [4.69, 9.17) is 4.74 Å². The van der Waals surface area contributed by atoms with Crippen LogP contribution in [0.5, 0.6) is 5.75 Å². The van der Waals surface area contributed by atoms with Gasteiger partial charge in [-0.25, -0.2) is 0 Å². The molecule has 2 amide bonds. The quantitative estimate of drug-likeness (QED) is 0.683. The Hall–Kier alpha value is -2.82.